The number of nitrogens with zero attached hydrogens (tertiary/aromatic N) is 2. The summed E-state index contributed by atoms with van der Waals surface area (Å²) >= 11 is 0. The molecule has 0 unspecified atom stereocenters. The Kier molecular flexibility index (Phi) is 5.93. The third-order valence-electron chi connectivity index (χ3n) is 4.15. The molecule has 1 aromatic heterocycles. The molecule has 2 aromatic carbocycles. The van der Waals surface area contributed by atoms with Crippen LogP contribution in [-0.4, -0.2) is 22.7 Å². The van der Waals surface area contributed by atoms with Crippen LogP contribution in [0, 0.1) is 17.0 Å². The molecule has 0 aliphatic carbocycles. The minimum Gasteiger partial charge on any atom is -0.383 e. The Morgan fingerprint density at radius 2 is 1.57 bits per heavy atom. The smallest absolute Gasteiger partial charge is 0.162 e. The van der Waals surface area contributed by atoms with Crippen molar-refractivity contribution in [1.82, 2.24) is 9.97 Å². The Balaban J connectivity index is 2.12. The predicted octanol–water partition coefficient (Wildman–Crippen LogP) is 5.38. The van der Waals surface area contributed by atoms with Gasteiger partial charge in [0.1, 0.15) is 23.0 Å². The average molecular weight is 381 g/mol. The summed E-state index contributed by atoms with van der Waals surface area (Å²) in [6.07, 6.45) is 1.36. The standard InChI is InChI=1S/C21H21F2N5/c1-3-4-17(24)18-19(25-2)21(26-16-11-9-15(23)10-12-16)28-20(27-18)13-5-7-14(22)8-6-13/h5-12,24-25H,3-4H2,1-2H3,(H,26,27,28). The second kappa shape index (κ2) is 8.56. The molecular weight excluding hydrogens is 360 g/mol. The Morgan fingerprint density at radius 1 is 0.964 bits per heavy atom. The molecule has 5 nitrogen and oxygen atoms in total. The van der Waals surface area contributed by atoms with Gasteiger partial charge in [-0.15, -0.1) is 0 Å². The summed E-state index contributed by atoms with van der Waals surface area (Å²) in [4.78, 5) is 9.12. The first-order chi connectivity index (χ1) is 13.5. The van der Waals surface area contributed by atoms with Crippen LogP contribution >= 0.6 is 0 Å². The van der Waals surface area contributed by atoms with Crippen molar-refractivity contribution in [3.8, 4) is 11.4 Å². The molecule has 0 spiro atoms. The summed E-state index contributed by atoms with van der Waals surface area (Å²) in [5.41, 5.74) is 2.71. The van der Waals surface area contributed by atoms with Gasteiger partial charge in [-0.1, -0.05) is 13.3 Å². The first-order valence-corrected chi connectivity index (χ1v) is 8.98. The molecule has 0 aliphatic heterocycles. The number of hydrogen-bond donors (Lipinski definition) is 3. The molecular formula is C21H21F2N5. The van der Waals surface area contributed by atoms with Crippen molar-refractivity contribution < 1.29 is 8.78 Å². The summed E-state index contributed by atoms with van der Waals surface area (Å²) in [5, 5.41) is 14.6. The van der Waals surface area contributed by atoms with E-state index >= 15 is 0 Å². The van der Waals surface area contributed by atoms with E-state index in [-0.39, 0.29) is 11.6 Å². The third kappa shape index (κ3) is 4.31. The third-order valence-corrected chi connectivity index (χ3v) is 4.15. The number of benzene rings is 2. The van der Waals surface area contributed by atoms with Gasteiger partial charge in [0.15, 0.2) is 11.6 Å². The van der Waals surface area contributed by atoms with Gasteiger partial charge in [0.05, 0.1) is 5.71 Å². The maximum atomic E-state index is 13.3. The lowest BCUT2D eigenvalue weighted by Gasteiger charge is -2.17. The largest absolute Gasteiger partial charge is 0.383 e. The Morgan fingerprint density at radius 3 is 2.14 bits per heavy atom. The van der Waals surface area contributed by atoms with Crippen molar-refractivity contribution in [3.05, 3.63) is 65.9 Å². The fourth-order valence-corrected chi connectivity index (χ4v) is 2.77. The van der Waals surface area contributed by atoms with E-state index in [4.69, 9.17) is 5.41 Å². The molecule has 1 heterocycles. The van der Waals surface area contributed by atoms with Gasteiger partial charge < -0.3 is 16.0 Å². The lowest BCUT2D eigenvalue weighted by Crippen LogP contribution is -2.12. The van der Waals surface area contributed by atoms with Gasteiger partial charge in [-0.2, -0.15) is 0 Å². The van der Waals surface area contributed by atoms with Crippen LogP contribution < -0.4 is 10.6 Å². The quantitative estimate of drug-likeness (QED) is 0.481. The summed E-state index contributed by atoms with van der Waals surface area (Å²) in [7, 11) is 1.73. The highest BCUT2D eigenvalue weighted by molar-refractivity contribution is 6.03. The zero-order chi connectivity index (χ0) is 20.1. The van der Waals surface area contributed by atoms with Crippen LogP contribution in [0.15, 0.2) is 48.5 Å². The van der Waals surface area contributed by atoms with Crippen LogP contribution in [0.25, 0.3) is 11.4 Å². The van der Waals surface area contributed by atoms with E-state index < -0.39 is 0 Å². The van der Waals surface area contributed by atoms with Gasteiger partial charge in [0, 0.05) is 18.3 Å². The molecule has 0 saturated heterocycles. The van der Waals surface area contributed by atoms with E-state index in [1.807, 2.05) is 6.92 Å². The van der Waals surface area contributed by atoms with Crippen molar-refractivity contribution >= 4 is 22.9 Å². The predicted molar refractivity (Wildman–Crippen MR) is 108 cm³/mol. The van der Waals surface area contributed by atoms with Gasteiger partial charge in [-0.25, -0.2) is 18.7 Å². The summed E-state index contributed by atoms with van der Waals surface area (Å²) in [6.45, 7) is 1.99. The molecule has 7 heteroatoms. The Bertz CT molecular complexity index is 969. The second-order valence-electron chi connectivity index (χ2n) is 6.24. The van der Waals surface area contributed by atoms with Crippen LogP contribution in [0.3, 0.4) is 0 Å². The SMILES string of the molecule is CCCC(=N)c1nc(-c2ccc(F)cc2)nc(Nc2ccc(F)cc2)c1NC. The fourth-order valence-electron chi connectivity index (χ4n) is 2.77. The van der Waals surface area contributed by atoms with Gasteiger partial charge in [-0.3, -0.25) is 0 Å². The summed E-state index contributed by atoms with van der Waals surface area (Å²) in [5.74, 6) is 0.150. The highest BCUT2D eigenvalue weighted by Gasteiger charge is 2.18. The molecule has 0 radical (unpaired) electrons. The van der Waals surface area contributed by atoms with Crippen molar-refractivity contribution in [2.45, 2.75) is 19.8 Å². The van der Waals surface area contributed by atoms with E-state index in [0.717, 1.165) is 6.42 Å². The summed E-state index contributed by atoms with van der Waals surface area (Å²) < 4.78 is 26.5. The fraction of sp³-hybridized carbons (Fsp3) is 0.190. The Hall–Kier alpha value is -3.35. The average Bonchev–Trinajstić information content (AvgIpc) is 2.70. The van der Waals surface area contributed by atoms with E-state index in [9.17, 15) is 8.78 Å². The van der Waals surface area contributed by atoms with Crippen molar-refractivity contribution in [2.24, 2.45) is 0 Å². The van der Waals surface area contributed by atoms with Crippen molar-refractivity contribution in [1.29, 1.82) is 5.41 Å². The van der Waals surface area contributed by atoms with Gasteiger partial charge in [0.25, 0.3) is 0 Å². The highest BCUT2D eigenvalue weighted by Crippen LogP contribution is 2.30. The Labute approximate surface area is 162 Å². The van der Waals surface area contributed by atoms with E-state index in [0.29, 0.717) is 46.4 Å². The van der Waals surface area contributed by atoms with Crippen molar-refractivity contribution in [3.63, 3.8) is 0 Å². The molecule has 0 atom stereocenters. The number of nitrogens with one attached hydrogen (secondary N) is 3. The van der Waals surface area contributed by atoms with Crippen LogP contribution in [0.5, 0.6) is 0 Å². The molecule has 3 rings (SSSR count). The molecule has 0 amide bonds. The maximum absolute atomic E-state index is 13.3. The summed E-state index contributed by atoms with van der Waals surface area (Å²) in [6, 6.07) is 11.8. The zero-order valence-corrected chi connectivity index (χ0v) is 15.7. The number of halogens is 2. The van der Waals surface area contributed by atoms with Crippen LogP contribution in [0.1, 0.15) is 25.5 Å². The van der Waals surface area contributed by atoms with Crippen LogP contribution in [0.2, 0.25) is 0 Å². The van der Waals surface area contributed by atoms with Gasteiger partial charge in [0.2, 0.25) is 0 Å². The zero-order valence-electron chi connectivity index (χ0n) is 15.7. The highest BCUT2D eigenvalue weighted by atomic mass is 19.1. The molecule has 0 fully saturated rings. The van der Waals surface area contributed by atoms with Crippen LogP contribution in [0.4, 0.5) is 26.0 Å². The molecule has 3 aromatic rings. The van der Waals surface area contributed by atoms with E-state index in [1.54, 1.807) is 31.3 Å². The minimum atomic E-state index is -0.348. The van der Waals surface area contributed by atoms with Crippen LogP contribution in [-0.2, 0) is 0 Å². The van der Waals surface area contributed by atoms with E-state index in [2.05, 4.69) is 20.6 Å². The van der Waals surface area contributed by atoms with Gasteiger partial charge in [-0.05, 0) is 55.0 Å². The van der Waals surface area contributed by atoms with Crippen molar-refractivity contribution in [2.75, 3.05) is 17.7 Å². The second-order valence-corrected chi connectivity index (χ2v) is 6.24. The number of hydrogen-bond acceptors (Lipinski definition) is 5. The number of anilines is 3. The van der Waals surface area contributed by atoms with E-state index in [1.165, 1.54) is 24.3 Å². The molecule has 3 N–H and O–H groups in total. The monoisotopic (exact) mass is 381 g/mol. The normalized spacial score (nSPS) is 10.6. The maximum Gasteiger partial charge on any atom is 0.162 e. The first-order valence-electron chi connectivity index (χ1n) is 8.98. The molecule has 0 bridgehead atoms. The number of rotatable bonds is 7. The molecule has 0 aliphatic rings. The topological polar surface area (TPSA) is 73.7 Å². The van der Waals surface area contributed by atoms with Gasteiger partial charge >= 0.3 is 0 Å². The lowest BCUT2D eigenvalue weighted by atomic mass is 10.1. The molecule has 0 saturated carbocycles. The first kappa shape index (κ1) is 19.4. The molecule has 28 heavy (non-hydrogen) atoms. The number of aromatic nitrogens is 2. The minimum absolute atomic E-state index is 0.334. The lowest BCUT2D eigenvalue weighted by molar-refractivity contribution is 0.627. The molecule has 144 valence electrons.